The molecule has 7 nitrogen and oxygen atoms in total. The van der Waals surface area contributed by atoms with E-state index in [0.717, 1.165) is 29.8 Å². The summed E-state index contributed by atoms with van der Waals surface area (Å²) < 4.78 is 19.4. The van der Waals surface area contributed by atoms with Crippen LogP contribution < -0.4 is 4.74 Å². The maximum atomic E-state index is 13.4. The standard InChI is InChI=1S/C27H26ClN3O4/c1-19-22(18-30(17-21-11-7-15-33-21)26(32)25-14-8-16-34-25)27(35-24-13-6-5-12-23(24)28)31(29-19)20-9-3-2-4-10-20/h2-6,8-10,12-14,16,21H,7,11,15,17-18H2,1H3. The number of para-hydroxylation sites is 2. The van der Waals surface area contributed by atoms with Crippen molar-refractivity contribution in [3.63, 3.8) is 0 Å². The van der Waals surface area contributed by atoms with E-state index in [1.165, 1.54) is 6.26 Å². The number of carbonyl (C=O) groups excluding carboxylic acids is 1. The minimum absolute atomic E-state index is 0.0219. The van der Waals surface area contributed by atoms with Gasteiger partial charge in [-0.15, -0.1) is 0 Å². The lowest BCUT2D eigenvalue weighted by Gasteiger charge is -2.25. The molecule has 2 aromatic carbocycles. The molecule has 1 fully saturated rings. The molecule has 1 atom stereocenters. The SMILES string of the molecule is Cc1nn(-c2ccccc2)c(Oc2ccccc2Cl)c1CN(CC1CCCO1)C(=O)c1ccco1. The molecule has 0 radical (unpaired) electrons. The number of halogens is 1. The van der Waals surface area contributed by atoms with Gasteiger partial charge < -0.3 is 18.8 Å². The summed E-state index contributed by atoms with van der Waals surface area (Å²) in [5, 5.41) is 5.26. The Kier molecular flexibility index (Phi) is 6.88. The van der Waals surface area contributed by atoms with Crippen molar-refractivity contribution in [2.24, 2.45) is 0 Å². The first kappa shape index (κ1) is 23.2. The highest BCUT2D eigenvalue weighted by Crippen LogP contribution is 2.35. The topological polar surface area (TPSA) is 69.7 Å². The zero-order chi connectivity index (χ0) is 24.2. The second-order valence-electron chi connectivity index (χ2n) is 8.45. The number of carbonyl (C=O) groups is 1. The van der Waals surface area contributed by atoms with Gasteiger partial charge in [0, 0.05) is 13.2 Å². The third-order valence-corrected chi connectivity index (χ3v) is 6.31. The average molecular weight is 492 g/mol. The third kappa shape index (κ3) is 5.11. The van der Waals surface area contributed by atoms with Gasteiger partial charge in [0.15, 0.2) is 5.76 Å². The monoisotopic (exact) mass is 491 g/mol. The van der Waals surface area contributed by atoms with E-state index in [9.17, 15) is 4.79 Å². The quantitative estimate of drug-likeness (QED) is 0.300. The van der Waals surface area contributed by atoms with E-state index in [-0.39, 0.29) is 24.3 Å². The molecular weight excluding hydrogens is 466 g/mol. The first-order chi connectivity index (χ1) is 17.1. The smallest absolute Gasteiger partial charge is 0.289 e. The fraction of sp³-hybridized carbons (Fsp3) is 0.259. The van der Waals surface area contributed by atoms with Crippen LogP contribution in [0.3, 0.4) is 0 Å². The lowest BCUT2D eigenvalue weighted by atomic mass is 10.1. The van der Waals surface area contributed by atoms with Crippen molar-refractivity contribution < 1.29 is 18.7 Å². The predicted molar refractivity (Wildman–Crippen MR) is 132 cm³/mol. The number of hydrogen-bond acceptors (Lipinski definition) is 5. The summed E-state index contributed by atoms with van der Waals surface area (Å²) >= 11 is 6.42. The summed E-state index contributed by atoms with van der Waals surface area (Å²) in [4.78, 5) is 15.1. The first-order valence-electron chi connectivity index (χ1n) is 11.6. The average Bonchev–Trinajstić information content (AvgIpc) is 3.64. The van der Waals surface area contributed by atoms with Crippen molar-refractivity contribution in [1.29, 1.82) is 0 Å². The van der Waals surface area contributed by atoms with Gasteiger partial charge in [-0.05, 0) is 56.2 Å². The molecule has 0 saturated carbocycles. The summed E-state index contributed by atoms with van der Waals surface area (Å²) in [5.41, 5.74) is 2.37. The lowest BCUT2D eigenvalue weighted by Crippen LogP contribution is -2.37. The van der Waals surface area contributed by atoms with Crippen molar-refractivity contribution in [1.82, 2.24) is 14.7 Å². The van der Waals surface area contributed by atoms with Crippen molar-refractivity contribution >= 4 is 17.5 Å². The van der Waals surface area contributed by atoms with Crippen LogP contribution in [0.2, 0.25) is 5.02 Å². The van der Waals surface area contributed by atoms with Crippen molar-refractivity contribution in [2.75, 3.05) is 13.2 Å². The molecule has 0 aliphatic carbocycles. The fourth-order valence-electron chi connectivity index (χ4n) is 4.20. The van der Waals surface area contributed by atoms with Gasteiger partial charge in [-0.25, -0.2) is 4.68 Å². The highest BCUT2D eigenvalue weighted by Gasteiger charge is 2.29. The zero-order valence-electron chi connectivity index (χ0n) is 19.4. The van der Waals surface area contributed by atoms with Crippen molar-refractivity contribution in [3.05, 3.63) is 95.0 Å². The van der Waals surface area contributed by atoms with Gasteiger partial charge in [0.25, 0.3) is 5.91 Å². The van der Waals surface area contributed by atoms with E-state index in [2.05, 4.69) is 0 Å². The van der Waals surface area contributed by atoms with E-state index >= 15 is 0 Å². The van der Waals surface area contributed by atoms with Gasteiger partial charge in [-0.2, -0.15) is 5.10 Å². The number of aryl methyl sites for hydroxylation is 1. The molecule has 0 bridgehead atoms. The molecule has 4 aromatic rings. The molecule has 1 aliphatic rings. The molecule has 1 unspecified atom stereocenters. The second kappa shape index (κ2) is 10.4. The van der Waals surface area contributed by atoms with E-state index in [1.807, 2.05) is 55.5 Å². The predicted octanol–water partition coefficient (Wildman–Crippen LogP) is 6.04. The Morgan fingerprint density at radius 1 is 1.14 bits per heavy atom. The number of furan rings is 1. The van der Waals surface area contributed by atoms with Gasteiger partial charge >= 0.3 is 0 Å². The molecule has 1 amide bonds. The largest absolute Gasteiger partial charge is 0.459 e. The van der Waals surface area contributed by atoms with Gasteiger partial charge in [-0.1, -0.05) is 41.9 Å². The maximum absolute atomic E-state index is 13.4. The second-order valence-corrected chi connectivity index (χ2v) is 8.85. The molecule has 1 aliphatic heterocycles. The number of ether oxygens (including phenoxy) is 2. The molecule has 3 heterocycles. The van der Waals surface area contributed by atoms with Gasteiger partial charge in [-0.3, -0.25) is 4.79 Å². The van der Waals surface area contributed by atoms with Crippen LogP contribution in [0.4, 0.5) is 0 Å². The highest BCUT2D eigenvalue weighted by molar-refractivity contribution is 6.32. The minimum atomic E-state index is -0.207. The molecule has 180 valence electrons. The molecular formula is C27H26ClN3O4. The van der Waals surface area contributed by atoms with Crippen LogP contribution in [0.5, 0.6) is 11.6 Å². The number of amides is 1. The van der Waals surface area contributed by atoms with Crippen LogP contribution in [-0.4, -0.2) is 39.8 Å². The zero-order valence-corrected chi connectivity index (χ0v) is 20.1. The number of benzene rings is 2. The number of rotatable bonds is 8. The van der Waals surface area contributed by atoms with Crippen LogP contribution in [0, 0.1) is 6.92 Å². The molecule has 35 heavy (non-hydrogen) atoms. The van der Waals surface area contributed by atoms with E-state index in [1.54, 1.807) is 27.8 Å². The Bertz CT molecular complexity index is 1280. The Labute approximate surface area is 208 Å². The van der Waals surface area contributed by atoms with E-state index < -0.39 is 0 Å². The van der Waals surface area contributed by atoms with Crippen molar-refractivity contribution in [2.45, 2.75) is 32.4 Å². The lowest BCUT2D eigenvalue weighted by molar-refractivity contribution is 0.0482. The van der Waals surface area contributed by atoms with E-state index in [4.69, 9.17) is 30.6 Å². The highest BCUT2D eigenvalue weighted by atomic mass is 35.5. The summed E-state index contributed by atoms with van der Waals surface area (Å²) in [6, 6.07) is 20.4. The van der Waals surface area contributed by atoms with Crippen molar-refractivity contribution in [3.8, 4) is 17.3 Å². The third-order valence-electron chi connectivity index (χ3n) is 6.00. The molecule has 1 saturated heterocycles. The van der Waals surface area contributed by atoms with E-state index in [0.29, 0.717) is 29.8 Å². The Hall–Kier alpha value is -3.55. The first-order valence-corrected chi connectivity index (χ1v) is 12.0. The van der Waals surface area contributed by atoms with Gasteiger partial charge in [0.05, 0.1) is 40.9 Å². The van der Waals surface area contributed by atoms with Gasteiger partial charge in [0.2, 0.25) is 5.88 Å². The fourth-order valence-corrected chi connectivity index (χ4v) is 4.38. The molecule has 0 spiro atoms. The van der Waals surface area contributed by atoms with Gasteiger partial charge in [0.1, 0.15) is 5.75 Å². The Morgan fingerprint density at radius 3 is 2.66 bits per heavy atom. The number of hydrogen-bond donors (Lipinski definition) is 0. The van der Waals surface area contributed by atoms with Crippen LogP contribution in [0.15, 0.2) is 77.4 Å². The number of nitrogens with zero attached hydrogens (tertiary/aromatic N) is 3. The summed E-state index contributed by atoms with van der Waals surface area (Å²) in [6.45, 7) is 3.34. The molecule has 8 heteroatoms. The van der Waals surface area contributed by atoms with Crippen LogP contribution in [0.1, 0.15) is 34.7 Å². The minimum Gasteiger partial charge on any atom is -0.459 e. The Morgan fingerprint density at radius 2 is 1.94 bits per heavy atom. The van der Waals surface area contributed by atoms with Crippen LogP contribution >= 0.6 is 11.6 Å². The molecule has 0 N–H and O–H groups in total. The number of aromatic nitrogens is 2. The summed E-state index contributed by atoms with van der Waals surface area (Å²) in [7, 11) is 0. The summed E-state index contributed by atoms with van der Waals surface area (Å²) in [5.74, 6) is 1.09. The van der Waals surface area contributed by atoms with Crippen LogP contribution in [-0.2, 0) is 11.3 Å². The summed E-state index contributed by atoms with van der Waals surface area (Å²) in [6.07, 6.45) is 3.38. The molecule has 2 aromatic heterocycles. The molecule has 5 rings (SSSR count). The maximum Gasteiger partial charge on any atom is 0.289 e. The van der Waals surface area contributed by atoms with Crippen LogP contribution in [0.25, 0.3) is 5.69 Å². The Balaban J connectivity index is 1.55. The normalized spacial score (nSPS) is 15.3.